The second-order valence-electron chi connectivity index (χ2n) is 7.15. The molecule has 12 heteroatoms. The van der Waals surface area contributed by atoms with Gasteiger partial charge in [0.2, 0.25) is 0 Å². The first-order chi connectivity index (χ1) is 14.2. The lowest BCUT2D eigenvalue weighted by atomic mass is 9.98. The number of hydrogen-bond acceptors (Lipinski definition) is 7. The molecule has 0 atom stereocenters. The van der Waals surface area contributed by atoms with Crippen molar-refractivity contribution >= 4 is 29.5 Å². The van der Waals surface area contributed by atoms with Crippen LogP contribution in [0.5, 0.6) is 11.5 Å². The molecule has 1 aromatic rings. The highest BCUT2D eigenvalue weighted by atomic mass is 19.3. The Hall–Kier alpha value is -3.44. The van der Waals surface area contributed by atoms with Gasteiger partial charge in [-0.1, -0.05) is 12.8 Å². The van der Waals surface area contributed by atoms with E-state index in [-0.39, 0.29) is 17.2 Å². The van der Waals surface area contributed by atoms with Gasteiger partial charge in [-0.15, -0.1) is 8.78 Å². The zero-order valence-electron chi connectivity index (χ0n) is 15.5. The van der Waals surface area contributed by atoms with Crippen LogP contribution in [-0.4, -0.2) is 53.7 Å². The van der Waals surface area contributed by atoms with Crippen LogP contribution in [0, 0.1) is 0 Å². The molecule has 160 valence electrons. The van der Waals surface area contributed by atoms with Gasteiger partial charge >= 0.3 is 18.3 Å². The highest BCUT2D eigenvalue weighted by Crippen LogP contribution is 2.42. The largest absolute Gasteiger partial charge is 0.586 e. The quantitative estimate of drug-likeness (QED) is 0.539. The predicted molar refractivity (Wildman–Crippen MR) is 93.7 cm³/mol. The average molecular weight is 425 g/mol. The molecule has 3 aliphatic rings. The number of alkyl halides is 2. The van der Waals surface area contributed by atoms with Gasteiger partial charge in [-0.05, 0) is 25.0 Å². The molecule has 4 amide bonds. The Bertz CT molecular complexity index is 930. The summed E-state index contributed by atoms with van der Waals surface area (Å²) in [6.07, 6.45) is -1.12. The third kappa shape index (κ3) is 3.72. The van der Waals surface area contributed by atoms with Gasteiger partial charge in [0.05, 0.1) is 0 Å². The molecule has 1 saturated carbocycles. The molecule has 0 bridgehead atoms. The van der Waals surface area contributed by atoms with Gasteiger partial charge in [0.1, 0.15) is 12.1 Å². The van der Waals surface area contributed by atoms with E-state index < -0.39 is 48.8 Å². The number of benzene rings is 1. The molecule has 2 aliphatic heterocycles. The topological polar surface area (TPSA) is 123 Å². The maximum Gasteiger partial charge on any atom is 0.586 e. The number of rotatable bonds is 5. The van der Waals surface area contributed by atoms with E-state index in [1.54, 1.807) is 0 Å². The molecular weight excluding hydrogens is 408 g/mol. The number of ether oxygens (including phenoxy) is 3. The molecular formula is C18H17F2N3O7. The van der Waals surface area contributed by atoms with Gasteiger partial charge in [0, 0.05) is 11.8 Å². The summed E-state index contributed by atoms with van der Waals surface area (Å²) >= 11 is 0. The number of carbonyl (C=O) groups excluding carboxylic acids is 4. The molecule has 1 aliphatic carbocycles. The first-order valence-corrected chi connectivity index (χ1v) is 9.17. The summed E-state index contributed by atoms with van der Waals surface area (Å²) in [6.45, 7) is -1.31. The van der Waals surface area contributed by atoms with Gasteiger partial charge in [-0.25, -0.2) is 4.79 Å². The van der Waals surface area contributed by atoms with Gasteiger partial charge in [-0.3, -0.25) is 19.3 Å². The van der Waals surface area contributed by atoms with Crippen molar-refractivity contribution in [2.45, 2.75) is 37.5 Å². The molecule has 30 heavy (non-hydrogen) atoms. The molecule has 10 nitrogen and oxygen atoms in total. The molecule has 2 N–H and O–H groups in total. The molecule has 1 saturated heterocycles. The Labute approximate surface area is 168 Å². The summed E-state index contributed by atoms with van der Waals surface area (Å²) < 4.78 is 39.4. The first kappa shape index (κ1) is 19.9. The number of imide groups is 1. The van der Waals surface area contributed by atoms with E-state index in [4.69, 9.17) is 4.74 Å². The third-order valence-corrected chi connectivity index (χ3v) is 5.04. The van der Waals surface area contributed by atoms with Crippen LogP contribution in [0.2, 0.25) is 0 Å². The van der Waals surface area contributed by atoms with Crippen molar-refractivity contribution in [2.75, 3.05) is 18.5 Å². The minimum absolute atomic E-state index is 0.119. The molecule has 1 spiro atoms. The van der Waals surface area contributed by atoms with Crippen molar-refractivity contribution in [3.05, 3.63) is 18.2 Å². The van der Waals surface area contributed by atoms with E-state index >= 15 is 0 Å². The van der Waals surface area contributed by atoms with Gasteiger partial charge in [0.25, 0.3) is 11.8 Å². The summed E-state index contributed by atoms with van der Waals surface area (Å²) in [5, 5.41) is 4.98. The minimum Gasteiger partial charge on any atom is -0.454 e. The Balaban J connectivity index is 1.27. The number of hydrogen-bond donors (Lipinski definition) is 2. The zero-order chi connectivity index (χ0) is 21.5. The summed E-state index contributed by atoms with van der Waals surface area (Å²) in [5.41, 5.74) is -0.821. The van der Waals surface area contributed by atoms with Crippen molar-refractivity contribution in [1.82, 2.24) is 10.2 Å². The number of anilines is 1. The first-order valence-electron chi connectivity index (χ1n) is 9.17. The highest BCUT2D eigenvalue weighted by molar-refractivity contribution is 6.09. The summed E-state index contributed by atoms with van der Waals surface area (Å²) in [5.74, 6) is -2.59. The normalized spacial score (nSPS) is 20.4. The average Bonchev–Trinajstić information content (AvgIpc) is 3.32. The standard InChI is InChI=1S/C18H17F2N3O7/c19-18(20)29-11-4-3-10(7-12(11)30-18)21-13(24)9-28-14(25)8-23-15(26)17(22-16(23)27)5-1-2-6-17/h3-4,7H,1-2,5-6,8-9H2,(H,21,24)(H,22,27). The Morgan fingerprint density at radius 3 is 2.60 bits per heavy atom. The van der Waals surface area contributed by atoms with E-state index in [9.17, 15) is 28.0 Å². The van der Waals surface area contributed by atoms with Crippen LogP contribution in [0.25, 0.3) is 0 Å². The molecule has 2 heterocycles. The fourth-order valence-electron chi connectivity index (χ4n) is 3.68. The maximum atomic E-state index is 13.0. The lowest BCUT2D eigenvalue weighted by Gasteiger charge is -2.19. The van der Waals surface area contributed by atoms with Crippen molar-refractivity contribution < 1.29 is 42.2 Å². The van der Waals surface area contributed by atoms with Crippen molar-refractivity contribution in [1.29, 1.82) is 0 Å². The van der Waals surface area contributed by atoms with Crippen LogP contribution in [0.4, 0.5) is 19.3 Å². The lowest BCUT2D eigenvalue weighted by molar-refractivity contribution is -0.286. The number of carbonyl (C=O) groups is 4. The van der Waals surface area contributed by atoms with Crippen LogP contribution in [-0.2, 0) is 19.1 Å². The van der Waals surface area contributed by atoms with Crippen LogP contribution < -0.4 is 20.1 Å². The highest BCUT2D eigenvalue weighted by Gasteiger charge is 2.52. The van der Waals surface area contributed by atoms with Gasteiger partial charge in [0.15, 0.2) is 18.1 Å². The molecule has 2 fully saturated rings. The van der Waals surface area contributed by atoms with Crippen molar-refractivity contribution in [3.63, 3.8) is 0 Å². The molecule has 0 radical (unpaired) electrons. The van der Waals surface area contributed by atoms with E-state index in [1.165, 1.54) is 12.1 Å². The Morgan fingerprint density at radius 2 is 1.87 bits per heavy atom. The number of nitrogens with zero attached hydrogens (tertiary/aromatic N) is 1. The number of fused-ring (bicyclic) bond motifs is 1. The number of urea groups is 1. The summed E-state index contributed by atoms with van der Waals surface area (Å²) in [7, 11) is 0. The fourth-order valence-corrected chi connectivity index (χ4v) is 3.68. The van der Waals surface area contributed by atoms with E-state index in [0.717, 1.165) is 23.8 Å². The smallest absolute Gasteiger partial charge is 0.454 e. The maximum absolute atomic E-state index is 13.0. The molecule has 4 rings (SSSR count). The number of halogens is 2. The van der Waals surface area contributed by atoms with Crippen molar-refractivity contribution in [2.24, 2.45) is 0 Å². The molecule has 0 unspecified atom stereocenters. The Kier molecular flexibility index (Phi) is 4.71. The van der Waals surface area contributed by atoms with Crippen molar-refractivity contribution in [3.8, 4) is 11.5 Å². The summed E-state index contributed by atoms with van der Waals surface area (Å²) in [4.78, 5) is 49.2. The molecule has 1 aromatic carbocycles. The van der Waals surface area contributed by atoms with E-state index in [2.05, 4.69) is 20.1 Å². The number of nitrogens with one attached hydrogen (secondary N) is 2. The lowest BCUT2D eigenvalue weighted by Crippen LogP contribution is -2.44. The molecule has 0 aromatic heterocycles. The van der Waals surface area contributed by atoms with Crippen LogP contribution in [0.15, 0.2) is 18.2 Å². The van der Waals surface area contributed by atoms with Gasteiger partial charge < -0.3 is 24.8 Å². The monoisotopic (exact) mass is 425 g/mol. The van der Waals surface area contributed by atoms with Gasteiger partial charge in [-0.2, -0.15) is 0 Å². The SMILES string of the molecule is O=C(COC(=O)CN1C(=O)NC2(CCCC2)C1=O)Nc1ccc2c(c1)OC(F)(F)O2. The van der Waals surface area contributed by atoms with E-state index in [1.807, 2.05) is 0 Å². The second-order valence-corrected chi connectivity index (χ2v) is 7.15. The Morgan fingerprint density at radius 1 is 1.17 bits per heavy atom. The summed E-state index contributed by atoms with van der Waals surface area (Å²) in [6, 6.07) is 2.95. The minimum atomic E-state index is -3.78. The van der Waals surface area contributed by atoms with Crippen LogP contribution in [0.3, 0.4) is 0 Å². The predicted octanol–water partition coefficient (Wildman–Crippen LogP) is 1.35. The third-order valence-electron chi connectivity index (χ3n) is 5.04. The zero-order valence-corrected chi connectivity index (χ0v) is 15.5. The van der Waals surface area contributed by atoms with E-state index in [0.29, 0.717) is 12.8 Å². The fraction of sp³-hybridized carbons (Fsp3) is 0.444. The second kappa shape index (κ2) is 7.11. The van der Waals surface area contributed by atoms with Crippen LogP contribution >= 0.6 is 0 Å². The number of amides is 4. The number of esters is 1. The van der Waals surface area contributed by atoms with Crippen LogP contribution in [0.1, 0.15) is 25.7 Å².